The molecule has 5 nitrogen and oxygen atoms in total. The molecule has 1 heterocycles. The van der Waals surface area contributed by atoms with Crippen LogP contribution in [0.15, 0.2) is 0 Å². The molecular weight excluding hydrogens is 419 g/mol. The topological polar surface area (TPSA) is 65.0 Å². The quantitative estimate of drug-likeness (QED) is 0.431. The fourth-order valence-corrected chi connectivity index (χ4v) is 7.19. The summed E-state index contributed by atoms with van der Waals surface area (Å²) < 4.78 is 19.0. The van der Waals surface area contributed by atoms with E-state index in [1.807, 2.05) is 0 Å². The summed E-state index contributed by atoms with van der Waals surface area (Å²) in [6.45, 7) is 11.4. The predicted molar refractivity (Wildman–Crippen MR) is 131 cm³/mol. The lowest BCUT2D eigenvalue weighted by atomic mass is 9.64. The smallest absolute Gasteiger partial charge is 0.123 e. The predicted octanol–water partition coefficient (Wildman–Crippen LogP) is 4.57. The van der Waals surface area contributed by atoms with E-state index in [2.05, 4.69) is 37.9 Å². The number of aliphatic hydroxyl groups is 2. The minimum atomic E-state index is -0.625. The second kappa shape index (κ2) is 12.1. The van der Waals surface area contributed by atoms with Crippen molar-refractivity contribution in [1.29, 1.82) is 0 Å². The van der Waals surface area contributed by atoms with Crippen LogP contribution < -0.4 is 5.32 Å². The monoisotopic (exact) mass is 470 g/mol. The van der Waals surface area contributed by atoms with Crippen molar-refractivity contribution in [2.24, 2.45) is 35.0 Å². The molecule has 1 aliphatic heterocycles. The van der Waals surface area contributed by atoms with E-state index >= 15 is 0 Å². The Morgan fingerprint density at radius 3 is 2.36 bits per heavy atom. The van der Waals surface area contributed by atoms with Gasteiger partial charge in [-0.2, -0.15) is 0 Å². The van der Waals surface area contributed by atoms with E-state index in [0.29, 0.717) is 30.6 Å². The highest BCUT2D eigenvalue weighted by Gasteiger charge is 2.44. The molecule has 0 amide bonds. The highest BCUT2D eigenvalue weighted by Crippen LogP contribution is 2.45. The average molecular weight is 471 g/mol. The number of rotatable bonds is 9. The Morgan fingerprint density at radius 2 is 1.76 bits per heavy atom. The van der Waals surface area contributed by atoms with Gasteiger partial charge in [0.15, 0.2) is 0 Å². The number of methoxy groups -OCH3 is 1. The van der Waals surface area contributed by atoms with Gasteiger partial charge in [-0.3, -0.25) is 10.2 Å². The molecule has 0 bridgehead atoms. The lowest BCUT2D eigenvalue weighted by Gasteiger charge is -2.51. The van der Waals surface area contributed by atoms with Crippen LogP contribution in [0.4, 0.5) is 4.39 Å². The van der Waals surface area contributed by atoms with Crippen molar-refractivity contribution in [2.75, 3.05) is 26.8 Å². The van der Waals surface area contributed by atoms with Gasteiger partial charge in [-0.25, -0.2) is 4.39 Å². The second-order valence-electron chi connectivity index (χ2n) is 12.4. The van der Waals surface area contributed by atoms with Crippen LogP contribution in [-0.4, -0.2) is 66.6 Å². The number of hydrogen-bond acceptors (Lipinski definition) is 5. The molecule has 6 heteroatoms. The number of halogens is 1. The number of nitrogens with zero attached hydrogens (tertiary/aromatic N) is 1. The molecule has 3 rings (SSSR count). The molecular formula is C27H51FN2O3. The van der Waals surface area contributed by atoms with E-state index in [9.17, 15) is 14.6 Å². The molecule has 0 aromatic carbocycles. The standard InChI is InChI=1S/C27H51FN2O3/c1-18(2)24(29-25(31)21-8-6-7-19(15-21)16-33-5)26(32)30-14-13-23(27(3,4)17-30)20-9-11-22(28)12-10-20/h18-26,29,31-32H,6-17H2,1-5H3/t19?,20?,21-,22?,23-,24-,25?,26?/m1/s1. The molecule has 6 atom stereocenters. The van der Waals surface area contributed by atoms with E-state index in [1.54, 1.807) is 7.11 Å². The van der Waals surface area contributed by atoms with Crippen molar-refractivity contribution in [2.45, 2.75) is 110 Å². The number of ether oxygens (including phenoxy) is 1. The maximum absolute atomic E-state index is 13.7. The summed E-state index contributed by atoms with van der Waals surface area (Å²) >= 11 is 0. The third-order valence-electron chi connectivity index (χ3n) is 9.06. The summed E-state index contributed by atoms with van der Waals surface area (Å²) in [6, 6.07) is -0.183. The van der Waals surface area contributed by atoms with Gasteiger partial charge in [-0.1, -0.05) is 34.1 Å². The van der Waals surface area contributed by atoms with Crippen LogP contribution in [0, 0.1) is 35.0 Å². The third kappa shape index (κ3) is 7.13. The molecule has 33 heavy (non-hydrogen) atoms. The van der Waals surface area contributed by atoms with Gasteiger partial charge in [0.25, 0.3) is 0 Å². The van der Waals surface area contributed by atoms with E-state index in [0.717, 1.165) is 58.2 Å². The molecule has 1 saturated heterocycles. The van der Waals surface area contributed by atoms with E-state index in [-0.39, 0.29) is 23.3 Å². The molecule has 3 fully saturated rings. The van der Waals surface area contributed by atoms with Gasteiger partial charge >= 0.3 is 0 Å². The third-order valence-corrected chi connectivity index (χ3v) is 9.06. The lowest BCUT2D eigenvalue weighted by Crippen LogP contribution is -2.60. The highest BCUT2D eigenvalue weighted by molar-refractivity contribution is 4.95. The minimum Gasteiger partial charge on any atom is -0.384 e. The van der Waals surface area contributed by atoms with Gasteiger partial charge in [0.2, 0.25) is 0 Å². The Morgan fingerprint density at radius 1 is 1.06 bits per heavy atom. The van der Waals surface area contributed by atoms with Gasteiger partial charge in [0, 0.05) is 26.8 Å². The van der Waals surface area contributed by atoms with Crippen molar-refractivity contribution < 1.29 is 19.3 Å². The first-order valence-corrected chi connectivity index (χ1v) is 13.6. The van der Waals surface area contributed by atoms with Crippen molar-refractivity contribution in [3.05, 3.63) is 0 Å². The largest absolute Gasteiger partial charge is 0.384 e. The van der Waals surface area contributed by atoms with Crippen LogP contribution in [-0.2, 0) is 4.74 Å². The highest BCUT2D eigenvalue weighted by atomic mass is 19.1. The molecule has 0 spiro atoms. The Balaban J connectivity index is 1.58. The fourth-order valence-electron chi connectivity index (χ4n) is 7.19. The fraction of sp³-hybridized carbons (Fsp3) is 1.00. The summed E-state index contributed by atoms with van der Waals surface area (Å²) in [4.78, 5) is 2.22. The van der Waals surface area contributed by atoms with Crippen molar-refractivity contribution >= 4 is 0 Å². The number of hydrogen-bond donors (Lipinski definition) is 3. The minimum absolute atomic E-state index is 0.0872. The van der Waals surface area contributed by atoms with Crippen LogP contribution in [0.2, 0.25) is 0 Å². The Labute approximate surface area is 201 Å². The molecule has 2 saturated carbocycles. The van der Waals surface area contributed by atoms with Gasteiger partial charge in [0.05, 0.1) is 6.04 Å². The molecule has 3 N–H and O–H groups in total. The van der Waals surface area contributed by atoms with Crippen molar-refractivity contribution in [3.63, 3.8) is 0 Å². The normalized spacial score (nSPS) is 36.5. The summed E-state index contributed by atoms with van der Waals surface area (Å²) in [7, 11) is 1.75. The van der Waals surface area contributed by atoms with Crippen LogP contribution in [0.1, 0.15) is 85.5 Å². The zero-order chi connectivity index (χ0) is 24.2. The zero-order valence-electron chi connectivity index (χ0n) is 21.8. The molecule has 194 valence electrons. The number of aliphatic hydroxyl groups excluding tert-OH is 2. The van der Waals surface area contributed by atoms with Crippen molar-refractivity contribution in [3.8, 4) is 0 Å². The molecule has 2 aliphatic carbocycles. The molecule has 0 aromatic rings. The summed E-state index contributed by atoms with van der Waals surface area (Å²) in [5.41, 5.74) is 0.0872. The van der Waals surface area contributed by atoms with Crippen molar-refractivity contribution in [1.82, 2.24) is 10.2 Å². The summed E-state index contributed by atoms with van der Waals surface area (Å²) in [6.07, 6.45) is 6.95. The van der Waals surface area contributed by atoms with Crippen LogP contribution >= 0.6 is 0 Å². The Hall–Kier alpha value is -0.270. The molecule has 3 aliphatic rings. The first-order valence-electron chi connectivity index (χ1n) is 13.6. The number of piperidine rings is 1. The summed E-state index contributed by atoms with van der Waals surface area (Å²) in [5.74, 6) is 2.12. The van der Waals surface area contributed by atoms with Gasteiger partial charge < -0.3 is 14.9 Å². The molecule has 0 radical (unpaired) electrons. The number of alkyl halides is 1. The maximum atomic E-state index is 13.7. The van der Waals surface area contributed by atoms with Crippen LogP contribution in [0.25, 0.3) is 0 Å². The van der Waals surface area contributed by atoms with Gasteiger partial charge in [0.1, 0.15) is 18.6 Å². The first kappa shape index (κ1) is 27.3. The number of likely N-dealkylation sites (tertiary alicyclic amines) is 1. The Kier molecular flexibility index (Phi) is 10.0. The number of nitrogens with one attached hydrogen (secondary N) is 1. The maximum Gasteiger partial charge on any atom is 0.123 e. The molecule has 3 unspecified atom stereocenters. The van der Waals surface area contributed by atoms with E-state index < -0.39 is 18.6 Å². The van der Waals surface area contributed by atoms with E-state index in [4.69, 9.17) is 4.74 Å². The zero-order valence-corrected chi connectivity index (χ0v) is 21.8. The first-order chi connectivity index (χ1) is 15.6. The SMILES string of the molecule is COCC1CCC[C@@H](C(O)N[C@H](C(C)C)C(O)N2CC[C@H](C3CCC(F)CC3)C(C)(C)C2)C1. The molecule has 0 aromatic heterocycles. The average Bonchev–Trinajstić information content (AvgIpc) is 2.77. The lowest BCUT2D eigenvalue weighted by molar-refractivity contribution is -0.107. The van der Waals surface area contributed by atoms with Crippen LogP contribution in [0.3, 0.4) is 0 Å². The van der Waals surface area contributed by atoms with Gasteiger partial charge in [-0.05, 0) is 86.4 Å². The van der Waals surface area contributed by atoms with E-state index in [1.165, 1.54) is 6.42 Å². The van der Waals surface area contributed by atoms with Crippen LogP contribution in [0.5, 0.6) is 0 Å². The Bertz CT molecular complexity index is 580. The van der Waals surface area contributed by atoms with Gasteiger partial charge in [-0.15, -0.1) is 0 Å². The summed E-state index contributed by atoms with van der Waals surface area (Å²) in [5, 5.41) is 25.9. The second-order valence-corrected chi connectivity index (χ2v) is 12.4.